The van der Waals surface area contributed by atoms with Gasteiger partial charge in [0.15, 0.2) is 0 Å². The summed E-state index contributed by atoms with van der Waals surface area (Å²) in [4.78, 5) is 18.6. The Morgan fingerprint density at radius 3 is 2.74 bits per heavy atom. The Balaban J connectivity index is 1.27. The van der Waals surface area contributed by atoms with Crippen molar-refractivity contribution in [1.82, 2.24) is 19.7 Å². The Bertz CT molecular complexity index is 1220. The maximum atomic E-state index is 14.6. The lowest BCUT2D eigenvalue weighted by Gasteiger charge is -2.26. The highest BCUT2D eigenvalue weighted by molar-refractivity contribution is 6.02. The Labute approximate surface area is 196 Å². The van der Waals surface area contributed by atoms with Crippen LogP contribution in [-0.4, -0.2) is 51.9 Å². The van der Waals surface area contributed by atoms with Crippen molar-refractivity contribution in [3.05, 3.63) is 71.8 Å². The van der Waals surface area contributed by atoms with Crippen LogP contribution in [0.2, 0.25) is 0 Å². The summed E-state index contributed by atoms with van der Waals surface area (Å²) < 4.78 is 36.4. The van der Waals surface area contributed by atoms with Gasteiger partial charge in [-0.05, 0) is 36.6 Å². The number of amides is 1. The van der Waals surface area contributed by atoms with Gasteiger partial charge in [-0.15, -0.1) is 0 Å². The summed E-state index contributed by atoms with van der Waals surface area (Å²) >= 11 is 0. The molecule has 176 valence electrons. The predicted octanol–water partition coefficient (Wildman–Crippen LogP) is 4.04. The smallest absolute Gasteiger partial charge is 0.248 e. The van der Waals surface area contributed by atoms with Crippen molar-refractivity contribution >= 4 is 17.7 Å². The van der Waals surface area contributed by atoms with Crippen molar-refractivity contribution < 1.29 is 18.3 Å². The van der Waals surface area contributed by atoms with Crippen molar-refractivity contribution in [3.63, 3.8) is 0 Å². The molecule has 1 amide bonds. The van der Waals surface area contributed by atoms with Crippen molar-refractivity contribution in [2.75, 3.05) is 31.6 Å². The number of nitrogens with one attached hydrogen (secondary N) is 1. The molecule has 3 heterocycles. The summed E-state index contributed by atoms with van der Waals surface area (Å²) in [5.41, 5.74) is 2.30. The molecule has 1 aliphatic heterocycles. The average Bonchev–Trinajstić information content (AvgIpc) is 3.57. The van der Waals surface area contributed by atoms with Crippen LogP contribution in [0.1, 0.15) is 30.0 Å². The minimum Gasteiger partial charge on any atom is -0.379 e. The molecule has 0 spiro atoms. The SMILES string of the molecule is O=C(C=Cc1cncc(F)c1-c1cnn(C2CC2)c1)Nc1ccc(CN2CCOCC2)cc1F. The van der Waals surface area contributed by atoms with Crippen molar-refractivity contribution in [3.8, 4) is 11.1 Å². The number of morpholine rings is 1. The maximum Gasteiger partial charge on any atom is 0.248 e. The second-order valence-electron chi connectivity index (χ2n) is 8.55. The van der Waals surface area contributed by atoms with Gasteiger partial charge in [0.05, 0.1) is 37.3 Å². The van der Waals surface area contributed by atoms with E-state index in [0.29, 0.717) is 42.5 Å². The number of carbonyl (C=O) groups is 1. The highest BCUT2D eigenvalue weighted by atomic mass is 19.1. The zero-order valence-corrected chi connectivity index (χ0v) is 18.6. The predicted molar refractivity (Wildman–Crippen MR) is 124 cm³/mol. The van der Waals surface area contributed by atoms with E-state index in [4.69, 9.17) is 4.74 Å². The fraction of sp³-hybridized carbons (Fsp3) is 0.320. The van der Waals surface area contributed by atoms with Crippen LogP contribution in [0.3, 0.4) is 0 Å². The molecule has 0 bridgehead atoms. The van der Waals surface area contributed by atoms with Gasteiger partial charge >= 0.3 is 0 Å². The summed E-state index contributed by atoms with van der Waals surface area (Å²) in [7, 11) is 0. The molecule has 2 aliphatic rings. The van der Waals surface area contributed by atoms with E-state index in [1.165, 1.54) is 24.4 Å². The molecule has 0 atom stereocenters. The molecular formula is C25H25F2N5O2. The average molecular weight is 466 g/mol. The molecular weight excluding hydrogens is 440 g/mol. The van der Waals surface area contributed by atoms with E-state index in [9.17, 15) is 13.6 Å². The van der Waals surface area contributed by atoms with E-state index in [1.54, 1.807) is 24.5 Å². The van der Waals surface area contributed by atoms with Crippen molar-refractivity contribution in [2.45, 2.75) is 25.4 Å². The first-order valence-corrected chi connectivity index (χ1v) is 11.3. The second kappa shape index (κ2) is 9.82. The van der Waals surface area contributed by atoms with Crippen LogP contribution in [-0.2, 0) is 16.1 Å². The van der Waals surface area contributed by atoms with Gasteiger partial charge in [-0.3, -0.25) is 19.4 Å². The van der Waals surface area contributed by atoms with Gasteiger partial charge in [-0.2, -0.15) is 5.10 Å². The molecule has 1 aliphatic carbocycles. The zero-order valence-electron chi connectivity index (χ0n) is 18.6. The number of hydrogen-bond donors (Lipinski definition) is 1. The van der Waals surface area contributed by atoms with Crippen LogP contribution < -0.4 is 5.32 Å². The lowest BCUT2D eigenvalue weighted by atomic mass is 10.0. The molecule has 2 fully saturated rings. The van der Waals surface area contributed by atoms with Crippen LogP contribution in [0.25, 0.3) is 17.2 Å². The summed E-state index contributed by atoms with van der Waals surface area (Å²) in [6.45, 7) is 3.59. The number of halogens is 2. The highest BCUT2D eigenvalue weighted by Gasteiger charge is 2.25. The number of ether oxygens (including phenoxy) is 1. The first-order valence-electron chi connectivity index (χ1n) is 11.3. The molecule has 5 rings (SSSR count). The van der Waals surface area contributed by atoms with Gasteiger partial charge < -0.3 is 10.1 Å². The Morgan fingerprint density at radius 2 is 1.97 bits per heavy atom. The molecule has 0 radical (unpaired) electrons. The number of hydrogen-bond acceptors (Lipinski definition) is 5. The molecule has 1 saturated heterocycles. The fourth-order valence-electron chi connectivity index (χ4n) is 4.00. The lowest BCUT2D eigenvalue weighted by molar-refractivity contribution is -0.111. The van der Waals surface area contributed by atoms with E-state index >= 15 is 0 Å². The Hall–Kier alpha value is -3.43. The summed E-state index contributed by atoms with van der Waals surface area (Å²) in [6, 6.07) is 5.15. The van der Waals surface area contributed by atoms with Crippen molar-refractivity contribution in [2.24, 2.45) is 0 Å². The standard InChI is InChI=1S/C25H25F2N5O2/c26-21-11-17(15-31-7-9-34-10-8-31)1-5-23(21)30-24(33)6-2-18-12-28-14-22(27)25(18)19-13-29-32(16-19)20-3-4-20/h1-2,5-6,11-14,16,20H,3-4,7-10,15H2,(H,30,33). The summed E-state index contributed by atoms with van der Waals surface area (Å²) in [5.74, 6) is -1.53. The Kier molecular flexibility index (Phi) is 6.46. The monoisotopic (exact) mass is 465 g/mol. The summed E-state index contributed by atoms with van der Waals surface area (Å²) in [6.07, 6.45) is 10.9. The largest absolute Gasteiger partial charge is 0.379 e. The van der Waals surface area contributed by atoms with Gasteiger partial charge in [-0.25, -0.2) is 8.78 Å². The lowest BCUT2D eigenvalue weighted by Crippen LogP contribution is -2.35. The number of aromatic nitrogens is 3. The molecule has 1 saturated carbocycles. The van der Waals surface area contributed by atoms with Gasteiger partial charge in [0.1, 0.15) is 11.6 Å². The van der Waals surface area contributed by atoms with Crippen LogP contribution >= 0.6 is 0 Å². The van der Waals surface area contributed by atoms with E-state index in [2.05, 4.69) is 20.3 Å². The number of carbonyl (C=O) groups excluding carboxylic acids is 1. The normalized spacial score (nSPS) is 16.8. The topological polar surface area (TPSA) is 72.3 Å². The van der Waals surface area contributed by atoms with Gasteiger partial charge in [0.25, 0.3) is 0 Å². The quantitative estimate of drug-likeness (QED) is 0.533. The van der Waals surface area contributed by atoms with Crippen molar-refractivity contribution in [1.29, 1.82) is 0 Å². The highest BCUT2D eigenvalue weighted by Crippen LogP contribution is 2.36. The Morgan fingerprint density at radius 1 is 1.15 bits per heavy atom. The second-order valence-corrected chi connectivity index (χ2v) is 8.55. The van der Waals surface area contributed by atoms with E-state index in [0.717, 1.165) is 37.7 Å². The van der Waals surface area contributed by atoms with Gasteiger partial charge in [0, 0.05) is 54.8 Å². The minimum absolute atomic E-state index is 0.0867. The molecule has 3 aromatic rings. The third-order valence-corrected chi connectivity index (χ3v) is 5.96. The van der Waals surface area contributed by atoms with Crippen LogP contribution in [0, 0.1) is 11.6 Å². The zero-order chi connectivity index (χ0) is 23.5. The molecule has 1 N–H and O–H groups in total. The maximum absolute atomic E-state index is 14.6. The molecule has 34 heavy (non-hydrogen) atoms. The van der Waals surface area contributed by atoms with Gasteiger partial charge in [0.2, 0.25) is 5.91 Å². The molecule has 7 nitrogen and oxygen atoms in total. The number of rotatable bonds is 7. The van der Waals surface area contributed by atoms with E-state index in [-0.39, 0.29) is 5.69 Å². The summed E-state index contributed by atoms with van der Waals surface area (Å²) in [5, 5.41) is 6.86. The van der Waals surface area contributed by atoms with E-state index < -0.39 is 17.5 Å². The minimum atomic E-state index is -0.524. The fourth-order valence-corrected chi connectivity index (χ4v) is 4.00. The van der Waals surface area contributed by atoms with Gasteiger partial charge in [-0.1, -0.05) is 6.07 Å². The number of benzene rings is 1. The number of nitrogens with zero attached hydrogens (tertiary/aromatic N) is 4. The van der Waals surface area contributed by atoms with Crippen LogP contribution in [0.4, 0.5) is 14.5 Å². The number of anilines is 1. The van der Waals surface area contributed by atoms with Crippen LogP contribution in [0.15, 0.2) is 49.1 Å². The molecule has 9 heteroatoms. The number of pyridine rings is 1. The van der Waals surface area contributed by atoms with E-state index in [1.807, 2.05) is 4.68 Å². The molecule has 0 unspecified atom stereocenters. The third-order valence-electron chi connectivity index (χ3n) is 5.96. The molecule has 1 aromatic carbocycles. The van der Waals surface area contributed by atoms with Crippen LogP contribution in [0.5, 0.6) is 0 Å². The third kappa shape index (κ3) is 5.21. The first-order chi connectivity index (χ1) is 16.6. The first kappa shape index (κ1) is 22.4. The molecule has 2 aromatic heterocycles.